The van der Waals surface area contributed by atoms with Gasteiger partial charge in [0.05, 0.1) is 0 Å². The third-order valence-corrected chi connectivity index (χ3v) is 1.52. The molecule has 1 nitrogen and oxygen atoms in total. The minimum Gasteiger partial charge on any atom is -0.266 e. The predicted octanol–water partition coefficient (Wildman–Crippen LogP) is 1.49. The molecule has 0 aromatic rings. The van der Waals surface area contributed by atoms with Crippen molar-refractivity contribution in [3.05, 3.63) is 0 Å². The summed E-state index contributed by atoms with van der Waals surface area (Å²) in [4.78, 5) is 1.48. The van der Waals surface area contributed by atoms with E-state index in [1.807, 2.05) is 0 Å². The second kappa shape index (κ2) is 3.83. The summed E-state index contributed by atoms with van der Waals surface area (Å²) in [5.74, 6) is 0. The van der Waals surface area contributed by atoms with Crippen molar-refractivity contribution in [2.75, 3.05) is 14.1 Å². The van der Waals surface area contributed by atoms with Crippen molar-refractivity contribution in [1.29, 1.82) is 0 Å². The largest absolute Gasteiger partial charge is 0.266 e. The molecule has 0 aliphatic heterocycles. The van der Waals surface area contributed by atoms with E-state index in [4.69, 9.17) is 34.8 Å². The van der Waals surface area contributed by atoms with Gasteiger partial charge in [-0.05, 0) is 14.1 Å². The molecule has 0 atom stereocenters. The Kier molecular flexibility index (Phi) is 5.59. The maximum absolute atomic E-state index is 5.32. The molecule has 0 bridgehead atoms. The Morgan fingerprint density at radius 3 is 1.25 bits per heavy atom. The molecule has 0 aliphatic carbocycles. The summed E-state index contributed by atoms with van der Waals surface area (Å²) >= 11 is 16.0. The van der Waals surface area contributed by atoms with Crippen LogP contribution in [0.1, 0.15) is 0 Å². The first-order valence-corrected chi connectivity index (χ1v) is 2.82. The van der Waals surface area contributed by atoms with Gasteiger partial charge in [0.25, 0.3) is 0 Å². The fraction of sp³-hybridized carbons (Fsp3) is 1.00. The lowest BCUT2D eigenvalue weighted by molar-refractivity contribution is 0.417. The predicted molar refractivity (Wildman–Crippen MR) is 39.7 cm³/mol. The summed E-state index contributed by atoms with van der Waals surface area (Å²) in [7, 11) is 3.38. The Balaban J connectivity index is 0. The van der Waals surface area contributed by atoms with Crippen LogP contribution in [0, 0.1) is 0 Å². The summed E-state index contributed by atoms with van der Waals surface area (Å²) in [6.07, 6.45) is 0. The first kappa shape index (κ1) is 11.7. The molecular weight excluding hydrogens is 167 g/mol. The van der Waals surface area contributed by atoms with E-state index in [1.165, 1.54) is 4.90 Å². The Morgan fingerprint density at radius 1 is 1.12 bits per heavy atom. The molecule has 0 aromatic carbocycles. The van der Waals surface area contributed by atoms with Crippen LogP contribution in [-0.2, 0) is 0 Å². The van der Waals surface area contributed by atoms with E-state index < -0.39 is 3.92 Å². The minimum atomic E-state index is -1.25. The lowest BCUT2D eigenvalue weighted by atomic mass is 10.8. The van der Waals surface area contributed by atoms with Crippen LogP contribution in [0.25, 0.3) is 0 Å². The van der Waals surface area contributed by atoms with Gasteiger partial charge in [-0.15, -0.1) is 0 Å². The molecule has 0 aromatic heterocycles. The Labute approximate surface area is 66.5 Å². The van der Waals surface area contributed by atoms with Crippen molar-refractivity contribution in [3.8, 4) is 0 Å². The highest BCUT2D eigenvalue weighted by Gasteiger charge is 2.21. The van der Waals surface area contributed by atoms with Gasteiger partial charge in [-0.1, -0.05) is 34.8 Å². The van der Waals surface area contributed by atoms with E-state index in [2.05, 4.69) is 0 Å². The molecule has 3 radical (unpaired) electrons. The number of hydrogen-bond acceptors (Lipinski definition) is 1. The van der Waals surface area contributed by atoms with E-state index >= 15 is 0 Å². The van der Waals surface area contributed by atoms with Crippen LogP contribution in [0.15, 0.2) is 0 Å². The lowest BCUT2D eigenvalue weighted by Gasteiger charge is -2.18. The molecule has 0 spiro atoms. The third kappa shape index (κ3) is 5.04. The van der Waals surface area contributed by atoms with Gasteiger partial charge < -0.3 is 0 Å². The van der Waals surface area contributed by atoms with E-state index in [0.29, 0.717) is 0 Å². The molecule has 0 amide bonds. The number of alkyl halides is 3. The Hall–Kier alpha value is 0.895. The van der Waals surface area contributed by atoms with Gasteiger partial charge in [-0.25, -0.2) is 0 Å². The molecule has 0 heterocycles. The fourth-order valence-electron chi connectivity index (χ4n) is 0. The SMILES string of the molecule is CN(C)C(Cl)(Cl)Cl.[B]. The van der Waals surface area contributed by atoms with Gasteiger partial charge in [0, 0.05) is 8.41 Å². The standard InChI is InChI=1S/C3H6Cl3N.B/c1-7(2)3(4,5)6;/h1-2H3;. The maximum atomic E-state index is 5.32. The van der Waals surface area contributed by atoms with Crippen LogP contribution < -0.4 is 0 Å². The van der Waals surface area contributed by atoms with Crippen LogP contribution in [0.4, 0.5) is 0 Å². The molecule has 0 saturated heterocycles. The monoisotopic (exact) mass is 172 g/mol. The maximum Gasteiger partial charge on any atom is 0.247 e. The summed E-state index contributed by atoms with van der Waals surface area (Å²) in [6, 6.07) is 0. The average Bonchev–Trinajstić information content (AvgIpc) is 1.31. The van der Waals surface area contributed by atoms with Crippen LogP contribution in [0.2, 0.25) is 0 Å². The molecule has 47 valence electrons. The van der Waals surface area contributed by atoms with Gasteiger partial charge in [0.1, 0.15) is 0 Å². The van der Waals surface area contributed by atoms with Crippen LogP contribution >= 0.6 is 34.8 Å². The molecule has 0 unspecified atom stereocenters. The zero-order valence-electron chi connectivity index (χ0n) is 4.66. The molecular formula is C3H6BCl3N. The van der Waals surface area contributed by atoms with Crippen molar-refractivity contribution in [2.45, 2.75) is 3.92 Å². The highest BCUT2D eigenvalue weighted by Crippen LogP contribution is 2.27. The van der Waals surface area contributed by atoms with Crippen LogP contribution in [-0.4, -0.2) is 31.3 Å². The number of hydrogen-bond donors (Lipinski definition) is 0. The molecule has 0 aliphatic rings. The summed E-state index contributed by atoms with van der Waals surface area (Å²) in [5.41, 5.74) is 0. The Morgan fingerprint density at radius 2 is 1.25 bits per heavy atom. The smallest absolute Gasteiger partial charge is 0.247 e. The van der Waals surface area contributed by atoms with Gasteiger partial charge in [0.15, 0.2) is 0 Å². The van der Waals surface area contributed by atoms with Crippen molar-refractivity contribution in [1.82, 2.24) is 4.90 Å². The molecule has 0 saturated carbocycles. The molecule has 0 N–H and O–H groups in total. The van der Waals surface area contributed by atoms with Crippen LogP contribution in [0.5, 0.6) is 0 Å². The van der Waals surface area contributed by atoms with Crippen molar-refractivity contribution < 1.29 is 0 Å². The summed E-state index contributed by atoms with van der Waals surface area (Å²) in [6.45, 7) is 0. The minimum absolute atomic E-state index is 0. The highest BCUT2D eigenvalue weighted by atomic mass is 35.6. The quantitative estimate of drug-likeness (QED) is 0.305. The van der Waals surface area contributed by atoms with Gasteiger partial charge >= 0.3 is 0 Å². The normalized spacial score (nSPS) is 11.2. The van der Waals surface area contributed by atoms with Gasteiger partial charge in [0.2, 0.25) is 3.92 Å². The second-order valence-corrected chi connectivity index (χ2v) is 3.58. The second-order valence-electron chi connectivity index (χ2n) is 1.36. The summed E-state index contributed by atoms with van der Waals surface area (Å²) in [5, 5.41) is 0. The fourth-order valence-corrected chi connectivity index (χ4v) is 0. The molecule has 0 rings (SSSR count). The molecule has 5 heteroatoms. The first-order chi connectivity index (χ1) is 2.94. The third-order valence-electron chi connectivity index (χ3n) is 0.507. The first-order valence-electron chi connectivity index (χ1n) is 1.68. The van der Waals surface area contributed by atoms with E-state index in [1.54, 1.807) is 14.1 Å². The highest BCUT2D eigenvalue weighted by molar-refractivity contribution is 6.67. The Bertz CT molecular complexity index is 60.0. The van der Waals surface area contributed by atoms with Crippen LogP contribution in [0.3, 0.4) is 0 Å². The zero-order chi connectivity index (χ0) is 6.08. The number of halogens is 3. The van der Waals surface area contributed by atoms with Crippen molar-refractivity contribution >= 4 is 43.2 Å². The molecule has 0 fully saturated rings. The van der Waals surface area contributed by atoms with E-state index in [-0.39, 0.29) is 8.41 Å². The van der Waals surface area contributed by atoms with Crippen molar-refractivity contribution in [3.63, 3.8) is 0 Å². The zero-order valence-corrected chi connectivity index (χ0v) is 6.93. The topological polar surface area (TPSA) is 3.24 Å². The molecule has 8 heavy (non-hydrogen) atoms. The summed E-state index contributed by atoms with van der Waals surface area (Å²) < 4.78 is -1.25. The van der Waals surface area contributed by atoms with E-state index in [0.717, 1.165) is 0 Å². The van der Waals surface area contributed by atoms with Crippen molar-refractivity contribution in [2.24, 2.45) is 0 Å². The average molecular weight is 173 g/mol. The van der Waals surface area contributed by atoms with E-state index in [9.17, 15) is 0 Å². The van der Waals surface area contributed by atoms with Gasteiger partial charge in [-0.3, -0.25) is 4.90 Å². The number of rotatable bonds is 0. The number of nitrogens with zero attached hydrogens (tertiary/aromatic N) is 1. The lowest BCUT2D eigenvalue weighted by Crippen LogP contribution is -2.26. The van der Waals surface area contributed by atoms with Gasteiger partial charge in [-0.2, -0.15) is 0 Å².